The first kappa shape index (κ1) is 10.9. The lowest BCUT2D eigenvalue weighted by Crippen LogP contribution is -2.12. The largest absolute Gasteiger partial charge is 0.379 e. The molecule has 0 rings (SSSR count). The summed E-state index contributed by atoms with van der Waals surface area (Å²) in [6.07, 6.45) is 2.26. The van der Waals surface area contributed by atoms with Crippen molar-refractivity contribution in [3.05, 3.63) is 6.92 Å². The molecule has 0 bridgehead atoms. The van der Waals surface area contributed by atoms with Gasteiger partial charge in [0, 0.05) is 6.61 Å². The van der Waals surface area contributed by atoms with Gasteiger partial charge in [0.25, 0.3) is 0 Å². The highest BCUT2D eigenvalue weighted by Crippen LogP contribution is 1.94. The minimum Gasteiger partial charge on any atom is -0.379 e. The third-order valence-electron chi connectivity index (χ3n) is 1.49. The van der Waals surface area contributed by atoms with Gasteiger partial charge in [0.1, 0.15) is 0 Å². The summed E-state index contributed by atoms with van der Waals surface area (Å²) in [5, 5.41) is 0. The van der Waals surface area contributed by atoms with Crippen LogP contribution in [0.5, 0.6) is 0 Å². The topological polar surface area (TPSA) is 18.5 Å². The zero-order valence-electron chi connectivity index (χ0n) is 7.64. The van der Waals surface area contributed by atoms with Crippen LogP contribution in [0.2, 0.25) is 0 Å². The first-order valence-electron chi connectivity index (χ1n) is 4.29. The van der Waals surface area contributed by atoms with Gasteiger partial charge in [-0.15, -0.1) is 0 Å². The molecule has 0 saturated carbocycles. The Kier molecular flexibility index (Phi) is 7.96. The van der Waals surface area contributed by atoms with Crippen molar-refractivity contribution >= 4 is 0 Å². The second-order valence-electron chi connectivity index (χ2n) is 2.56. The molecule has 2 nitrogen and oxygen atoms in total. The average Bonchev–Trinajstić information content (AvgIpc) is 2.04. The lowest BCUT2D eigenvalue weighted by molar-refractivity contribution is 0.0121. The van der Waals surface area contributed by atoms with Crippen molar-refractivity contribution in [1.82, 2.24) is 0 Å². The second-order valence-corrected chi connectivity index (χ2v) is 2.56. The van der Waals surface area contributed by atoms with Gasteiger partial charge in [-0.2, -0.15) is 0 Å². The molecule has 0 aromatic heterocycles. The molecule has 2 heteroatoms. The summed E-state index contributed by atoms with van der Waals surface area (Å²) in [5.74, 6) is 0. The van der Waals surface area contributed by atoms with E-state index in [9.17, 15) is 0 Å². The molecule has 1 atom stereocenters. The fraction of sp³-hybridized carbons (Fsp3) is 0.889. The molecule has 0 saturated heterocycles. The van der Waals surface area contributed by atoms with E-state index in [0.29, 0.717) is 19.3 Å². The minimum absolute atomic E-state index is 0.360. The van der Waals surface area contributed by atoms with Gasteiger partial charge in [-0.1, -0.05) is 13.8 Å². The summed E-state index contributed by atoms with van der Waals surface area (Å²) >= 11 is 0. The number of ether oxygens (including phenoxy) is 2. The predicted molar refractivity (Wildman–Crippen MR) is 46.5 cm³/mol. The molecule has 0 aromatic carbocycles. The fourth-order valence-corrected chi connectivity index (χ4v) is 0.630. The fourth-order valence-electron chi connectivity index (χ4n) is 0.630. The Bertz CT molecular complexity index is 74.0. The third-order valence-corrected chi connectivity index (χ3v) is 1.49. The minimum atomic E-state index is 0.360. The summed E-state index contributed by atoms with van der Waals surface area (Å²) in [6, 6.07) is 0. The maximum absolute atomic E-state index is 5.39. The summed E-state index contributed by atoms with van der Waals surface area (Å²) in [4.78, 5) is 0. The van der Waals surface area contributed by atoms with E-state index in [2.05, 4.69) is 20.8 Å². The van der Waals surface area contributed by atoms with Crippen LogP contribution in [0.15, 0.2) is 0 Å². The normalized spacial score (nSPS) is 13.4. The van der Waals surface area contributed by atoms with Crippen molar-refractivity contribution in [3.8, 4) is 0 Å². The molecule has 0 aliphatic carbocycles. The van der Waals surface area contributed by atoms with Crippen molar-refractivity contribution in [2.75, 3.05) is 19.8 Å². The third kappa shape index (κ3) is 7.82. The molecule has 0 aromatic rings. The zero-order chi connectivity index (χ0) is 8.53. The summed E-state index contributed by atoms with van der Waals surface area (Å²) in [5.41, 5.74) is 0. The number of hydrogen-bond donors (Lipinski definition) is 0. The lowest BCUT2D eigenvalue weighted by Gasteiger charge is -2.09. The van der Waals surface area contributed by atoms with E-state index in [4.69, 9.17) is 9.47 Å². The molecule has 0 heterocycles. The van der Waals surface area contributed by atoms with E-state index in [1.54, 1.807) is 0 Å². The molecular weight excluding hydrogens is 140 g/mol. The summed E-state index contributed by atoms with van der Waals surface area (Å²) in [7, 11) is 0. The van der Waals surface area contributed by atoms with Crippen LogP contribution in [0.25, 0.3) is 0 Å². The van der Waals surface area contributed by atoms with Crippen molar-refractivity contribution < 1.29 is 9.47 Å². The van der Waals surface area contributed by atoms with Gasteiger partial charge >= 0.3 is 0 Å². The van der Waals surface area contributed by atoms with Crippen LogP contribution in [0.1, 0.15) is 26.7 Å². The van der Waals surface area contributed by atoms with Crippen molar-refractivity contribution in [2.24, 2.45) is 0 Å². The Morgan fingerprint density at radius 2 is 2.00 bits per heavy atom. The predicted octanol–water partition coefficient (Wildman–Crippen LogP) is 2.04. The number of rotatable bonds is 7. The quantitative estimate of drug-likeness (QED) is 0.529. The van der Waals surface area contributed by atoms with Crippen molar-refractivity contribution in [1.29, 1.82) is 0 Å². The van der Waals surface area contributed by atoms with E-state index in [1.165, 1.54) is 0 Å². The summed E-state index contributed by atoms with van der Waals surface area (Å²) in [6.45, 7) is 9.99. The molecular formula is C9H19O2. The highest BCUT2D eigenvalue weighted by atomic mass is 16.5. The molecule has 67 valence electrons. The molecule has 0 N–H and O–H groups in total. The van der Waals surface area contributed by atoms with Crippen LogP contribution in [0.3, 0.4) is 0 Å². The first-order valence-corrected chi connectivity index (χ1v) is 4.29. The molecule has 11 heavy (non-hydrogen) atoms. The number of hydrogen-bond acceptors (Lipinski definition) is 2. The zero-order valence-corrected chi connectivity index (χ0v) is 7.64. The van der Waals surface area contributed by atoms with Crippen LogP contribution in [0.4, 0.5) is 0 Å². The molecule has 0 aliphatic rings. The van der Waals surface area contributed by atoms with Crippen molar-refractivity contribution in [2.45, 2.75) is 32.8 Å². The molecule has 1 radical (unpaired) electrons. The van der Waals surface area contributed by atoms with Gasteiger partial charge in [0.05, 0.1) is 19.3 Å². The van der Waals surface area contributed by atoms with E-state index in [-0.39, 0.29) is 0 Å². The van der Waals surface area contributed by atoms with E-state index >= 15 is 0 Å². The maximum atomic E-state index is 5.39. The highest BCUT2D eigenvalue weighted by Gasteiger charge is 1.96. The van der Waals surface area contributed by atoms with Gasteiger partial charge in [0.2, 0.25) is 0 Å². The Balaban J connectivity index is 2.89. The Morgan fingerprint density at radius 1 is 1.27 bits per heavy atom. The van der Waals surface area contributed by atoms with Gasteiger partial charge in [-0.05, 0) is 19.8 Å². The molecule has 0 fully saturated rings. The van der Waals surface area contributed by atoms with Gasteiger partial charge in [-0.25, -0.2) is 0 Å². The van der Waals surface area contributed by atoms with Crippen LogP contribution in [-0.4, -0.2) is 25.9 Å². The smallest absolute Gasteiger partial charge is 0.0704 e. The van der Waals surface area contributed by atoms with Crippen LogP contribution in [-0.2, 0) is 9.47 Å². The monoisotopic (exact) mass is 159 g/mol. The van der Waals surface area contributed by atoms with E-state index in [1.807, 2.05) is 0 Å². The standard InChI is InChI=1S/C9H19O2/c1-4-6-10-7-8-11-9(3)5-2/h9H,1,4-8H2,2-3H3. The van der Waals surface area contributed by atoms with E-state index < -0.39 is 0 Å². The molecule has 0 spiro atoms. The second kappa shape index (κ2) is 8.02. The van der Waals surface area contributed by atoms with E-state index in [0.717, 1.165) is 19.4 Å². The molecule has 1 unspecified atom stereocenters. The maximum Gasteiger partial charge on any atom is 0.0704 e. The average molecular weight is 159 g/mol. The van der Waals surface area contributed by atoms with Crippen LogP contribution < -0.4 is 0 Å². The Hall–Kier alpha value is -0.0800. The molecule has 0 aliphatic heterocycles. The Morgan fingerprint density at radius 3 is 2.55 bits per heavy atom. The SMILES string of the molecule is [CH2]CCOCCOC(C)CC. The molecule has 0 amide bonds. The lowest BCUT2D eigenvalue weighted by atomic mass is 10.3. The first-order chi connectivity index (χ1) is 5.31. The van der Waals surface area contributed by atoms with Gasteiger partial charge in [-0.3, -0.25) is 0 Å². The summed E-state index contributed by atoms with van der Waals surface area (Å²) < 4.78 is 10.6. The van der Waals surface area contributed by atoms with Crippen LogP contribution in [0, 0.1) is 6.92 Å². The Labute approximate surface area is 69.9 Å². The van der Waals surface area contributed by atoms with Crippen LogP contribution >= 0.6 is 0 Å². The van der Waals surface area contributed by atoms with Gasteiger partial charge in [0.15, 0.2) is 0 Å². The highest BCUT2D eigenvalue weighted by molar-refractivity contribution is 4.44. The van der Waals surface area contributed by atoms with Gasteiger partial charge < -0.3 is 9.47 Å². The van der Waals surface area contributed by atoms with Crippen molar-refractivity contribution in [3.63, 3.8) is 0 Å².